The Morgan fingerprint density at radius 2 is 1.69 bits per heavy atom. The van der Waals surface area contributed by atoms with E-state index < -0.39 is 0 Å². The zero-order valence-corrected chi connectivity index (χ0v) is 18.2. The number of hydrogen-bond donors (Lipinski definition) is 2. The lowest BCUT2D eigenvalue weighted by atomic mass is 9.49. The number of amides is 1. The number of aromatic nitrogens is 3. The Morgan fingerprint density at radius 3 is 2.38 bits per heavy atom. The minimum Gasteiger partial charge on any atom is -0.397 e. The zero-order valence-electron chi connectivity index (χ0n) is 18.2. The van der Waals surface area contributed by atoms with Crippen molar-refractivity contribution in [1.29, 1.82) is 0 Å². The number of carbonyl (C=O) groups excluding carboxylic acids is 1. The van der Waals surface area contributed by atoms with E-state index in [1.807, 2.05) is 53.2 Å². The predicted molar refractivity (Wildman–Crippen MR) is 125 cm³/mol. The molecule has 0 saturated heterocycles. The highest BCUT2D eigenvalue weighted by atomic mass is 16.2. The van der Waals surface area contributed by atoms with Gasteiger partial charge in [0.05, 0.1) is 17.6 Å². The molecule has 0 radical (unpaired) electrons. The highest BCUT2D eigenvalue weighted by molar-refractivity contribution is 6.04. The van der Waals surface area contributed by atoms with Gasteiger partial charge in [0.15, 0.2) is 5.69 Å². The highest BCUT2D eigenvalue weighted by Crippen LogP contribution is 2.60. The molecule has 6 nitrogen and oxygen atoms in total. The van der Waals surface area contributed by atoms with Crippen LogP contribution in [0.3, 0.4) is 0 Å². The number of nitrogens with one attached hydrogen (secondary N) is 1. The molecule has 4 aliphatic carbocycles. The monoisotopic (exact) mass is 427 g/mol. The second kappa shape index (κ2) is 7.47. The van der Waals surface area contributed by atoms with Gasteiger partial charge in [0.25, 0.3) is 5.91 Å². The van der Waals surface area contributed by atoms with Crippen molar-refractivity contribution in [2.75, 3.05) is 11.1 Å². The van der Waals surface area contributed by atoms with Gasteiger partial charge in [-0.25, -0.2) is 0 Å². The molecule has 0 aliphatic heterocycles. The topological polar surface area (TPSA) is 85.8 Å². The van der Waals surface area contributed by atoms with Gasteiger partial charge in [-0.3, -0.25) is 9.48 Å². The van der Waals surface area contributed by atoms with Crippen molar-refractivity contribution in [3.05, 3.63) is 60.4 Å². The maximum Gasteiger partial charge on any atom is 0.277 e. The van der Waals surface area contributed by atoms with Crippen molar-refractivity contribution in [1.82, 2.24) is 15.0 Å². The van der Waals surface area contributed by atoms with Crippen LogP contribution in [0, 0.1) is 23.2 Å². The summed E-state index contributed by atoms with van der Waals surface area (Å²) in [5.74, 6) is 2.41. The molecule has 1 amide bonds. The molecule has 3 N–H and O–H groups in total. The molecule has 1 aromatic heterocycles. The molecular formula is C26H29N5O. The molecule has 164 valence electrons. The molecule has 0 unspecified atom stereocenters. The smallest absolute Gasteiger partial charge is 0.277 e. The summed E-state index contributed by atoms with van der Waals surface area (Å²) in [5, 5.41) is 11.4. The fourth-order valence-corrected chi connectivity index (χ4v) is 6.97. The number of rotatable bonds is 5. The molecule has 7 rings (SSSR count). The standard InChI is InChI=1S/C26H29N5O/c27-22-7-6-21(20-4-2-1-3-5-20)11-23(22)28-25(32)24-15-31(30-29-24)16-26-12-17-8-18(13-26)10-19(9-17)14-26/h1-7,11,15,17-19H,8-10,12-14,16,27H2,(H,28,32). The Kier molecular flexibility index (Phi) is 4.56. The molecule has 4 saturated carbocycles. The van der Waals surface area contributed by atoms with E-state index >= 15 is 0 Å². The van der Waals surface area contributed by atoms with Gasteiger partial charge in [-0.1, -0.05) is 41.6 Å². The van der Waals surface area contributed by atoms with Gasteiger partial charge in [0.2, 0.25) is 0 Å². The Balaban J connectivity index is 1.18. The normalized spacial score (nSPS) is 28.1. The molecule has 4 bridgehead atoms. The van der Waals surface area contributed by atoms with Crippen molar-refractivity contribution in [2.24, 2.45) is 23.2 Å². The Morgan fingerprint density at radius 1 is 1.00 bits per heavy atom. The lowest BCUT2D eigenvalue weighted by Crippen LogP contribution is -2.48. The van der Waals surface area contributed by atoms with Crippen LogP contribution in [0.25, 0.3) is 11.1 Å². The summed E-state index contributed by atoms with van der Waals surface area (Å²) in [6, 6.07) is 15.7. The van der Waals surface area contributed by atoms with E-state index in [1.54, 1.807) is 6.20 Å². The Labute approximate surface area is 188 Å². The van der Waals surface area contributed by atoms with Gasteiger partial charge in [-0.15, -0.1) is 5.10 Å². The summed E-state index contributed by atoms with van der Waals surface area (Å²) in [7, 11) is 0. The first kappa shape index (κ1) is 19.5. The Hall–Kier alpha value is -3.15. The van der Waals surface area contributed by atoms with Gasteiger partial charge >= 0.3 is 0 Å². The third kappa shape index (κ3) is 3.57. The van der Waals surface area contributed by atoms with E-state index in [-0.39, 0.29) is 5.91 Å². The maximum atomic E-state index is 12.9. The second-order valence-electron chi connectivity index (χ2n) is 10.3. The van der Waals surface area contributed by atoms with Crippen LogP contribution in [0.5, 0.6) is 0 Å². The first-order valence-electron chi connectivity index (χ1n) is 11.7. The van der Waals surface area contributed by atoms with Crippen LogP contribution in [0.2, 0.25) is 0 Å². The van der Waals surface area contributed by atoms with Crippen LogP contribution in [-0.4, -0.2) is 20.9 Å². The first-order valence-corrected chi connectivity index (χ1v) is 11.7. The number of nitrogens with zero attached hydrogens (tertiary/aromatic N) is 3. The number of hydrogen-bond acceptors (Lipinski definition) is 4. The average Bonchev–Trinajstić information content (AvgIpc) is 3.23. The number of nitrogens with two attached hydrogens (primary N) is 1. The number of benzene rings is 2. The Bertz CT molecular complexity index is 1120. The van der Waals surface area contributed by atoms with Gasteiger partial charge in [-0.2, -0.15) is 0 Å². The van der Waals surface area contributed by atoms with Crippen LogP contribution >= 0.6 is 0 Å². The molecule has 1 heterocycles. The summed E-state index contributed by atoms with van der Waals surface area (Å²) < 4.78 is 1.89. The predicted octanol–water partition coefficient (Wildman–Crippen LogP) is 5.00. The van der Waals surface area contributed by atoms with E-state index in [1.165, 1.54) is 38.5 Å². The summed E-state index contributed by atoms with van der Waals surface area (Å²) in [6.07, 6.45) is 10.00. The van der Waals surface area contributed by atoms with Gasteiger partial charge in [0.1, 0.15) is 0 Å². The van der Waals surface area contributed by atoms with Gasteiger partial charge < -0.3 is 11.1 Å². The minimum atomic E-state index is -0.279. The quantitative estimate of drug-likeness (QED) is 0.561. The van der Waals surface area contributed by atoms with Crippen molar-refractivity contribution >= 4 is 17.3 Å². The molecule has 2 aromatic carbocycles. The van der Waals surface area contributed by atoms with E-state index in [0.29, 0.717) is 22.5 Å². The molecular weight excluding hydrogens is 398 g/mol. The fraction of sp³-hybridized carbons (Fsp3) is 0.423. The van der Waals surface area contributed by atoms with Crippen LogP contribution in [0.4, 0.5) is 11.4 Å². The molecule has 3 aromatic rings. The SMILES string of the molecule is Nc1ccc(-c2ccccc2)cc1NC(=O)c1cn(CC23CC4CC(CC(C4)C2)C3)nn1. The van der Waals surface area contributed by atoms with E-state index in [0.717, 1.165) is 35.4 Å². The van der Waals surface area contributed by atoms with E-state index in [4.69, 9.17) is 5.73 Å². The fourth-order valence-electron chi connectivity index (χ4n) is 6.97. The molecule has 4 aliphatic rings. The third-order valence-electron chi connectivity index (χ3n) is 7.84. The van der Waals surface area contributed by atoms with Crippen LogP contribution < -0.4 is 11.1 Å². The zero-order chi connectivity index (χ0) is 21.7. The van der Waals surface area contributed by atoms with Gasteiger partial charge in [-0.05, 0) is 85.0 Å². The maximum absolute atomic E-state index is 12.9. The van der Waals surface area contributed by atoms with Crippen molar-refractivity contribution in [2.45, 2.75) is 45.1 Å². The molecule has 6 heteroatoms. The average molecular weight is 428 g/mol. The molecule has 4 fully saturated rings. The number of anilines is 2. The number of carbonyl (C=O) groups is 1. The first-order chi connectivity index (χ1) is 15.6. The van der Waals surface area contributed by atoms with Crippen molar-refractivity contribution in [3.63, 3.8) is 0 Å². The summed E-state index contributed by atoms with van der Waals surface area (Å²) in [4.78, 5) is 12.9. The minimum absolute atomic E-state index is 0.279. The summed E-state index contributed by atoms with van der Waals surface area (Å²) in [6.45, 7) is 0.877. The lowest BCUT2D eigenvalue weighted by Gasteiger charge is -2.56. The highest BCUT2D eigenvalue weighted by Gasteiger charge is 2.51. The van der Waals surface area contributed by atoms with Crippen LogP contribution in [0.15, 0.2) is 54.7 Å². The molecule has 32 heavy (non-hydrogen) atoms. The van der Waals surface area contributed by atoms with Crippen LogP contribution in [-0.2, 0) is 6.54 Å². The molecule has 0 atom stereocenters. The lowest BCUT2D eigenvalue weighted by molar-refractivity contribution is -0.0637. The van der Waals surface area contributed by atoms with E-state index in [9.17, 15) is 4.79 Å². The van der Waals surface area contributed by atoms with E-state index in [2.05, 4.69) is 15.6 Å². The van der Waals surface area contributed by atoms with Gasteiger partial charge in [0, 0.05) is 6.54 Å². The number of nitrogen functional groups attached to an aromatic ring is 1. The molecule has 0 spiro atoms. The van der Waals surface area contributed by atoms with Crippen molar-refractivity contribution in [3.8, 4) is 11.1 Å². The van der Waals surface area contributed by atoms with Crippen molar-refractivity contribution < 1.29 is 4.79 Å². The summed E-state index contributed by atoms with van der Waals surface area (Å²) >= 11 is 0. The van der Waals surface area contributed by atoms with Crippen LogP contribution in [0.1, 0.15) is 49.0 Å². The second-order valence-corrected chi connectivity index (χ2v) is 10.3. The third-order valence-corrected chi connectivity index (χ3v) is 7.84. The summed E-state index contributed by atoms with van der Waals surface area (Å²) in [5.41, 5.74) is 10.0. The largest absolute Gasteiger partial charge is 0.397 e.